The molecule has 0 unspecified atom stereocenters. The average molecular weight is 172 g/mol. The number of carboxylic acids is 1. The molecule has 3 N–H and O–H groups in total. The van der Waals surface area contributed by atoms with E-state index < -0.39 is 24.0 Å². The van der Waals surface area contributed by atoms with Gasteiger partial charge in [-0.15, -0.1) is 0 Å². The summed E-state index contributed by atoms with van der Waals surface area (Å²) >= 11 is 0. The maximum Gasteiger partial charge on any atom is 0.331 e. The number of hydrogen-bond donors (Lipinski definition) is 3. The fourth-order valence-electron chi connectivity index (χ4n) is 0.986. The van der Waals surface area contributed by atoms with Gasteiger partial charge in [0.25, 0.3) is 0 Å². The molecular formula is C7H8O5. The van der Waals surface area contributed by atoms with Crippen LogP contribution in [-0.2, 0) is 9.59 Å². The van der Waals surface area contributed by atoms with Crippen molar-refractivity contribution in [3.63, 3.8) is 0 Å². The van der Waals surface area contributed by atoms with E-state index in [2.05, 4.69) is 0 Å². The van der Waals surface area contributed by atoms with Gasteiger partial charge in [0.1, 0.15) is 12.2 Å². The third kappa shape index (κ3) is 1.51. The van der Waals surface area contributed by atoms with E-state index in [9.17, 15) is 9.59 Å². The maximum absolute atomic E-state index is 10.8. The molecule has 0 aromatic heterocycles. The van der Waals surface area contributed by atoms with Crippen LogP contribution in [0, 0.1) is 0 Å². The predicted molar refractivity (Wildman–Crippen MR) is 37.4 cm³/mol. The summed E-state index contributed by atoms with van der Waals surface area (Å²) in [4.78, 5) is 21.1. The topological polar surface area (TPSA) is 94.8 Å². The molecule has 66 valence electrons. The van der Waals surface area contributed by atoms with Gasteiger partial charge >= 0.3 is 5.97 Å². The number of ketones is 1. The molecule has 2 atom stereocenters. The second-order valence-electron chi connectivity index (χ2n) is 2.58. The van der Waals surface area contributed by atoms with E-state index >= 15 is 0 Å². The summed E-state index contributed by atoms with van der Waals surface area (Å²) in [6.07, 6.45) is -2.22. The molecule has 0 aromatic rings. The minimum atomic E-state index is -1.48. The van der Waals surface area contributed by atoms with Crippen molar-refractivity contribution in [1.82, 2.24) is 0 Å². The number of aliphatic carboxylic acids is 1. The van der Waals surface area contributed by atoms with Crippen LogP contribution in [0.1, 0.15) is 6.42 Å². The van der Waals surface area contributed by atoms with Crippen molar-refractivity contribution < 1.29 is 24.9 Å². The van der Waals surface area contributed by atoms with Crippen molar-refractivity contribution in [3.8, 4) is 0 Å². The fourth-order valence-corrected chi connectivity index (χ4v) is 0.986. The highest BCUT2D eigenvalue weighted by molar-refractivity contribution is 5.98. The van der Waals surface area contributed by atoms with Crippen molar-refractivity contribution in [2.45, 2.75) is 18.6 Å². The van der Waals surface area contributed by atoms with Crippen LogP contribution in [0.3, 0.4) is 0 Å². The molecule has 1 rings (SSSR count). The van der Waals surface area contributed by atoms with Gasteiger partial charge in [0.15, 0.2) is 5.78 Å². The highest BCUT2D eigenvalue weighted by atomic mass is 16.4. The first-order chi connectivity index (χ1) is 5.52. The summed E-state index contributed by atoms with van der Waals surface area (Å²) in [5, 5.41) is 26.3. The van der Waals surface area contributed by atoms with Crippen molar-refractivity contribution in [1.29, 1.82) is 0 Å². The Bertz CT molecular complexity index is 255. The second-order valence-corrected chi connectivity index (χ2v) is 2.58. The number of carbonyl (C=O) groups is 2. The molecule has 5 heteroatoms. The molecule has 0 aliphatic heterocycles. The van der Waals surface area contributed by atoms with Crippen LogP contribution < -0.4 is 0 Å². The zero-order valence-corrected chi connectivity index (χ0v) is 6.10. The van der Waals surface area contributed by atoms with Crippen LogP contribution in [0.4, 0.5) is 0 Å². The van der Waals surface area contributed by atoms with E-state index in [0.29, 0.717) is 0 Å². The molecule has 5 nitrogen and oxygen atoms in total. The van der Waals surface area contributed by atoms with Crippen LogP contribution in [0.15, 0.2) is 11.6 Å². The van der Waals surface area contributed by atoms with Crippen LogP contribution in [0.25, 0.3) is 0 Å². The molecule has 0 amide bonds. The van der Waals surface area contributed by atoms with E-state index in [0.717, 1.165) is 6.08 Å². The Kier molecular flexibility index (Phi) is 2.25. The van der Waals surface area contributed by atoms with Crippen molar-refractivity contribution in [2.75, 3.05) is 0 Å². The van der Waals surface area contributed by atoms with E-state index in [1.807, 2.05) is 0 Å². The lowest BCUT2D eigenvalue weighted by Crippen LogP contribution is -2.37. The number of hydrogen-bond acceptors (Lipinski definition) is 4. The first-order valence-electron chi connectivity index (χ1n) is 3.35. The quantitative estimate of drug-likeness (QED) is 0.456. The van der Waals surface area contributed by atoms with Gasteiger partial charge in [0.05, 0.1) is 0 Å². The molecule has 0 aromatic carbocycles. The molecule has 0 heterocycles. The van der Waals surface area contributed by atoms with Crippen LogP contribution in [0.2, 0.25) is 0 Å². The largest absolute Gasteiger partial charge is 0.478 e. The lowest BCUT2D eigenvalue weighted by atomic mass is 9.94. The summed E-state index contributed by atoms with van der Waals surface area (Å²) in [7, 11) is 0. The molecule has 12 heavy (non-hydrogen) atoms. The normalized spacial score (nSPS) is 29.8. The monoisotopic (exact) mass is 172 g/mol. The molecule has 0 bridgehead atoms. The Labute approximate surface area is 67.9 Å². The number of carbonyl (C=O) groups excluding carboxylic acids is 1. The lowest BCUT2D eigenvalue weighted by molar-refractivity contribution is -0.137. The Morgan fingerprint density at radius 3 is 2.50 bits per heavy atom. The number of rotatable bonds is 1. The third-order valence-electron chi connectivity index (χ3n) is 1.66. The van der Waals surface area contributed by atoms with Crippen LogP contribution in [-0.4, -0.2) is 39.3 Å². The highest BCUT2D eigenvalue weighted by Gasteiger charge is 2.30. The minimum Gasteiger partial charge on any atom is -0.478 e. The standard InChI is InChI=1S/C7H8O5/c8-4-1-3(7(11)12)2-5(9)6(4)10/h1,4,6,8,10H,2H2,(H,11,12)/t4-,6-/m1/s1. The van der Waals surface area contributed by atoms with E-state index in [1.54, 1.807) is 0 Å². The highest BCUT2D eigenvalue weighted by Crippen LogP contribution is 2.15. The van der Waals surface area contributed by atoms with Crippen LogP contribution in [0.5, 0.6) is 0 Å². The summed E-state index contributed by atoms with van der Waals surface area (Å²) < 4.78 is 0. The number of aliphatic hydroxyl groups excluding tert-OH is 2. The van der Waals surface area contributed by atoms with Crippen molar-refractivity contribution >= 4 is 11.8 Å². The van der Waals surface area contributed by atoms with E-state index in [1.165, 1.54) is 0 Å². The lowest BCUT2D eigenvalue weighted by Gasteiger charge is -2.19. The summed E-state index contributed by atoms with van der Waals surface area (Å²) in [5.74, 6) is -1.91. The fraction of sp³-hybridized carbons (Fsp3) is 0.429. The SMILES string of the molecule is O=C(O)C1=C[C@@H](O)[C@@H](O)C(=O)C1. The minimum absolute atomic E-state index is 0.169. The van der Waals surface area contributed by atoms with Gasteiger partial charge in [-0.1, -0.05) is 0 Å². The molecule has 0 radical (unpaired) electrons. The van der Waals surface area contributed by atoms with Gasteiger partial charge in [-0.05, 0) is 6.08 Å². The van der Waals surface area contributed by atoms with Gasteiger partial charge in [-0.25, -0.2) is 4.79 Å². The maximum atomic E-state index is 10.8. The third-order valence-corrected chi connectivity index (χ3v) is 1.66. The van der Waals surface area contributed by atoms with Crippen LogP contribution >= 0.6 is 0 Å². The predicted octanol–water partition coefficient (Wildman–Crippen LogP) is -1.31. The van der Waals surface area contributed by atoms with E-state index in [-0.39, 0.29) is 12.0 Å². The Balaban J connectivity index is 2.88. The van der Waals surface area contributed by atoms with Gasteiger partial charge in [0, 0.05) is 12.0 Å². The van der Waals surface area contributed by atoms with Crippen molar-refractivity contribution in [3.05, 3.63) is 11.6 Å². The molecule has 1 aliphatic rings. The van der Waals surface area contributed by atoms with Crippen molar-refractivity contribution in [2.24, 2.45) is 0 Å². The molecule has 0 saturated carbocycles. The number of carboxylic acid groups (broad SMARTS) is 1. The summed E-state index contributed by atoms with van der Waals surface area (Å²) in [5.41, 5.74) is -0.169. The Hall–Kier alpha value is -1.20. The zero-order valence-electron chi connectivity index (χ0n) is 6.10. The molecule has 0 fully saturated rings. The molecular weight excluding hydrogens is 164 g/mol. The first kappa shape index (κ1) is 8.89. The Morgan fingerprint density at radius 2 is 2.08 bits per heavy atom. The molecule has 0 saturated heterocycles. The van der Waals surface area contributed by atoms with Gasteiger partial charge in [0.2, 0.25) is 0 Å². The smallest absolute Gasteiger partial charge is 0.331 e. The van der Waals surface area contributed by atoms with Gasteiger partial charge in [-0.3, -0.25) is 4.79 Å². The van der Waals surface area contributed by atoms with Gasteiger partial charge < -0.3 is 15.3 Å². The number of Topliss-reactive ketones (excluding diaryl/α,β-unsaturated/α-hetero) is 1. The van der Waals surface area contributed by atoms with Gasteiger partial charge in [-0.2, -0.15) is 0 Å². The zero-order chi connectivity index (χ0) is 9.30. The number of aliphatic hydroxyl groups is 2. The molecule has 1 aliphatic carbocycles. The molecule has 0 spiro atoms. The average Bonchev–Trinajstić information content (AvgIpc) is 1.99. The van der Waals surface area contributed by atoms with E-state index in [4.69, 9.17) is 15.3 Å². The Morgan fingerprint density at radius 1 is 1.50 bits per heavy atom. The summed E-state index contributed by atoms with van der Waals surface area (Å²) in [6, 6.07) is 0. The first-order valence-corrected chi connectivity index (χ1v) is 3.35. The second kappa shape index (κ2) is 3.04. The summed E-state index contributed by atoms with van der Waals surface area (Å²) in [6.45, 7) is 0.